The van der Waals surface area contributed by atoms with E-state index in [0.29, 0.717) is 22.8 Å². The number of carbonyl (C=O) groups is 1. The molecule has 2 aromatic rings. The molecular weight excluding hydrogens is 244 g/mol. The van der Waals surface area contributed by atoms with Crippen LogP contribution in [0.25, 0.3) is 6.08 Å². The van der Waals surface area contributed by atoms with E-state index in [1.807, 2.05) is 0 Å². The van der Waals surface area contributed by atoms with E-state index in [2.05, 4.69) is 0 Å². The highest BCUT2D eigenvalue weighted by Gasteiger charge is 2.03. The molecule has 0 radical (unpaired) electrons. The zero-order chi connectivity index (χ0) is 13.7. The largest absolute Gasteiger partial charge is 0.497 e. The highest BCUT2D eigenvalue weighted by Crippen LogP contribution is 2.13. The third-order valence-electron chi connectivity index (χ3n) is 2.61. The number of ether oxygens (including phenoxy) is 1. The summed E-state index contributed by atoms with van der Waals surface area (Å²) in [5.74, 6) is 1.59. The second-order valence-electron chi connectivity index (χ2n) is 3.89. The number of carbonyl (C=O) groups excluding carboxylic acids is 1. The molecule has 4 heteroatoms. The molecule has 0 aliphatic carbocycles. The van der Waals surface area contributed by atoms with Crippen molar-refractivity contribution >= 4 is 11.9 Å². The van der Waals surface area contributed by atoms with Crippen molar-refractivity contribution in [3.05, 3.63) is 59.6 Å². The molecule has 4 nitrogen and oxygen atoms in total. The number of rotatable bonds is 5. The summed E-state index contributed by atoms with van der Waals surface area (Å²) in [6, 6.07) is 10.2. The van der Waals surface area contributed by atoms with Gasteiger partial charge in [0.1, 0.15) is 23.9 Å². The molecule has 1 heterocycles. The van der Waals surface area contributed by atoms with E-state index in [1.54, 1.807) is 49.6 Å². The quantitative estimate of drug-likeness (QED) is 0.661. The molecule has 1 aromatic carbocycles. The fraction of sp³-hybridized carbons (Fsp3) is 0.133. The fourth-order valence-electron chi connectivity index (χ4n) is 1.58. The number of methoxy groups -OCH3 is 1. The van der Waals surface area contributed by atoms with Crippen LogP contribution in [0, 0.1) is 0 Å². The molecule has 0 aliphatic heterocycles. The normalized spacial score (nSPS) is 10.8. The van der Waals surface area contributed by atoms with Crippen LogP contribution in [-0.4, -0.2) is 18.0 Å². The number of furan rings is 1. The van der Waals surface area contributed by atoms with Crippen molar-refractivity contribution in [3.8, 4) is 5.75 Å². The third kappa shape index (κ3) is 3.33. The van der Waals surface area contributed by atoms with Gasteiger partial charge in [0.25, 0.3) is 0 Å². The van der Waals surface area contributed by atoms with Gasteiger partial charge < -0.3 is 14.3 Å². The maximum Gasteiger partial charge on any atom is 0.185 e. The first-order chi connectivity index (χ1) is 9.22. The van der Waals surface area contributed by atoms with E-state index < -0.39 is 0 Å². The van der Waals surface area contributed by atoms with Gasteiger partial charge in [-0.3, -0.25) is 4.79 Å². The van der Waals surface area contributed by atoms with Gasteiger partial charge in [0.05, 0.1) is 7.11 Å². The van der Waals surface area contributed by atoms with Gasteiger partial charge in [-0.2, -0.15) is 0 Å². The van der Waals surface area contributed by atoms with Crippen LogP contribution in [-0.2, 0) is 6.61 Å². The van der Waals surface area contributed by atoms with Crippen molar-refractivity contribution in [3.63, 3.8) is 0 Å². The topological polar surface area (TPSA) is 59.7 Å². The van der Waals surface area contributed by atoms with Crippen molar-refractivity contribution in [1.82, 2.24) is 0 Å². The molecule has 1 aromatic heterocycles. The Bertz CT molecular complexity index is 578. The number of aliphatic hydroxyl groups is 1. The smallest absolute Gasteiger partial charge is 0.185 e. The first kappa shape index (κ1) is 13.1. The van der Waals surface area contributed by atoms with Crippen LogP contribution in [0.4, 0.5) is 0 Å². The summed E-state index contributed by atoms with van der Waals surface area (Å²) in [5.41, 5.74) is 0.575. The van der Waals surface area contributed by atoms with Gasteiger partial charge >= 0.3 is 0 Å². The first-order valence-corrected chi connectivity index (χ1v) is 5.79. The van der Waals surface area contributed by atoms with E-state index in [-0.39, 0.29) is 12.4 Å². The maximum atomic E-state index is 11.9. The predicted molar refractivity (Wildman–Crippen MR) is 71.0 cm³/mol. The average molecular weight is 258 g/mol. The van der Waals surface area contributed by atoms with Gasteiger partial charge in [0.2, 0.25) is 0 Å². The van der Waals surface area contributed by atoms with Crippen LogP contribution in [0.15, 0.2) is 46.9 Å². The molecule has 0 unspecified atom stereocenters. The second kappa shape index (κ2) is 6.02. The zero-order valence-corrected chi connectivity index (χ0v) is 10.5. The summed E-state index contributed by atoms with van der Waals surface area (Å²) < 4.78 is 10.3. The summed E-state index contributed by atoms with van der Waals surface area (Å²) >= 11 is 0. The van der Waals surface area contributed by atoms with Gasteiger partial charge in [-0.25, -0.2) is 0 Å². The molecule has 0 amide bonds. The Morgan fingerprint density at radius 1 is 1.26 bits per heavy atom. The van der Waals surface area contributed by atoms with Crippen LogP contribution in [0.2, 0.25) is 0 Å². The summed E-state index contributed by atoms with van der Waals surface area (Å²) in [5, 5.41) is 8.86. The van der Waals surface area contributed by atoms with Crippen molar-refractivity contribution < 1.29 is 19.1 Å². The van der Waals surface area contributed by atoms with E-state index >= 15 is 0 Å². The number of aliphatic hydroxyl groups excluding tert-OH is 1. The molecule has 98 valence electrons. The van der Waals surface area contributed by atoms with Crippen LogP contribution in [0.3, 0.4) is 0 Å². The molecule has 1 N–H and O–H groups in total. The first-order valence-electron chi connectivity index (χ1n) is 5.79. The van der Waals surface area contributed by atoms with Gasteiger partial charge in [-0.1, -0.05) is 0 Å². The molecule has 0 saturated carbocycles. The average Bonchev–Trinajstić information content (AvgIpc) is 2.93. The summed E-state index contributed by atoms with van der Waals surface area (Å²) in [4.78, 5) is 11.9. The fourth-order valence-corrected chi connectivity index (χ4v) is 1.58. The lowest BCUT2D eigenvalue weighted by Crippen LogP contribution is -1.93. The Balaban J connectivity index is 2.07. The number of allylic oxidation sites excluding steroid dienone is 1. The Morgan fingerprint density at radius 2 is 2.00 bits per heavy atom. The molecule has 0 saturated heterocycles. The van der Waals surface area contributed by atoms with Crippen LogP contribution in [0.1, 0.15) is 21.9 Å². The molecule has 0 atom stereocenters. The van der Waals surface area contributed by atoms with E-state index in [9.17, 15) is 4.79 Å². The zero-order valence-electron chi connectivity index (χ0n) is 10.5. The number of hydrogen-bond acceptors (Lipinski definition) is 4. The molecule has 2 rings (SSSR count). The molecule has 0 aliphatic rings. The number of benzene rings is 1. The molecule has 0 bridgehead atoms. The van der Waals surface area contributed by atoms with Gasteiger partial charge in [-0.15, -0.1) is 0 Å². The number of ketones is 1. The van der Waals surface area contributed by atoms with Crippen molar-refractivity contribution in [1.29, 1.82) is 0 Å². The Morgan fingerprint density at radius 3 is 2.58 bits per heavy atom. The summed E-state index contributed by atoms with van der Waals surface area (Å²) in [6.07, 6.45) is 3.01. The minimum absolute atomic E-state index is 0.121. The predicted octanol–water partition coefficient (Wildman–Crippen LogP) is 2.68. The third-order valence-corrected chi connectivity index (χ3v) is 2.61. The molecule has 0 fully saturated rings. The Labute approximate surface area is 110 Å². The van der Waals surface area contributed by atoms with E-state index in [1.165, 1.54) is 6.08 Å². The SMILES string of the molecule is COc1ccc(C(=O)/C=C/c2ccc(CO)o2)cc1. The van der Waals surface area contributed by atoms with Crippen molar-refractivity contribution in [2.75, 3.05) is 7.11 Å². The van der Waals surface area contributed by atoms with Crippen LogP contribution < -0.4 is 4.74 Å². The lowest BCUT2D eigenvalue weighted by molar-refractivity contribution is 0.104. The second-order valence-corrected chi connectivity index (χ2v) is 3.89. The van der Waals surface area contributed by atoms with E-state index in [4.69, 9.17) is 14.3 Å². The highest BCUT2D eigenvalue weighted by molar-refractivity contribution is 6.06. The minimum atomic E-state index is -0.153. The lowest BCUT2D eigenvalue weighted by Gasteiger charge is -1.99. The van der Waals surface area contributed by atoms with Crippen molar-refractivity contribution in [2.24, 2.45) is 0 Å². The molecule has 19 heavy (non-hydrogen) atoms. The Hall–Kier alpha value is -2.33. The maximum absolute atomic E-state index is 11.9. The summed E-state index contributed by atoms with van der Waals surface area (Å²) in [6.45, 7) is -0.153. The van der Waals surface area contributed by atoms with Gasteiger partial charge in [0.15, 0.2) is 5.78 Å². The monoisotopic (exact) mass is 258 g/mol. The standard InChI is InChI=1S/C15H14O4/c1-18-12-4-2-11(3-5-12)15(17)9-8-13-6-7-14(10-16)19-13/h2-9,16H,10H2,1H3/b9-8+. The Kier molecular flexibility index (Phi) is 4.15. The number of hydrogen-bond donors (Lipinski definition) is 1. The van der Waals surface area contributed by atoms with Crippen LogP contribution >= 0.6 is 0 Å². The van der Waals surface area contributed by atoms with E-state index in [0.717, 1.165) is 0 Å². The van der Waals surface area contributed by atoms with Gasteiger partial charge in [0, 0.05) is 5.56 Å². The van der Waals surface area contributed by atoms with Crippen molar-refractivity contribution in [2.45, 2.75) is 6.61 Å². The molecule has 0 spiro atoms. The summed E-state index contributed by atoms with van der Waals surface area (Å²) in [7, 11) is 1.58. The molecular formula is C15H14O4. The lowest BCUT2D eigenvalue weighted by atomic mass is 10.1. The van der Waals surface area contributed by atoms with Gasteiger partial charge in [-0.05, 0) is 48.6 Å². The minimum Gasteiger partial charge on any atom is -0.497 e. The van der Waals surface area contributed by atoms with Crippen LogP contribution in [0.5, 0.6) is 5.75 Å². The highest BCUT2D eigenvalue weighted by atomic mass is 16.5.